The minimum atomic E-state index is -0.359. The predicted octanol–water partition coefficient (Wildman–Crippen LogP) is 3.60. The molecule has 182 valence electrons. The Labute approximate surface area is 210 Å². The Balaban J connectivity index is 1.40. The summed E-state index contributed by atoms with van der Waals surface area (Å²) in [5, 5.41) is 7.63. The summed E-state index contributed by atoms with van der Waals surface area (Å²) in [7, 11) is 3.71. The number of likely N-dealkylation sites (N-methyl/N-ethyl adjacent to an activating group) is 1. The second-order valence-electron chi connectivity index (χ2n) is 8.40. The first-order valence-electron chi connectivity index (χ1n) is 11.5. The lowest BCUT2D eigenvalue weighted by molar-refractivity contribution is -0.117. The van der Waals surface area contributed by atoms with Crippen LogP contribution in [0.25, 0.3) is 6.08 Å². The summed E-state index contributed by atoms with van der Waals surface area (Å²) in [4.78, 5) is 31.4. The van der Waals surface area contributed by atoms with Crippen LogP contribution in [0.15, 0.2) is 71.7 Å². The molecular formula is C27H30N4O3S. The van der Waals surface area contributed by atoms with Gasteiger partial charge in [0.1, 0.15) is 11.4 Å². The van der Waals surface area contributed by atoms with Gasteiger partial charge in [-0.25, -0.2) is 0 Å². The third-order valence-electron chi connectivity index (χ3n) is 5.93. The van der Waals surface area contributed by atoms with Crippen LogP contribution in [-0.2, 0) is 11.3 Å². The Morgan fingerprint density at radius 3 is 2.34 bits per heavy atom. The Hall–Kier alpha value is -3.62. The number of anilines is 1. The van der Waals surface area contributed by atoms with Crippen LogP contribution < -0.4 is 20.3 Å². The molecule has 2 amide bonds. The van der Waals surface area contributed by atoms with E-state index in [0.717, 1.165) is 36.6 Å². The van der Waals surface area contributed by atoms with Crippen LogP contribution in [0.2, 0.25) is 0 Å². The van der Waals surface area contributed by atoms with Crippen LogP contribution in [0.3, 0.4) is 0 Å². The number of piperazine rings is 1. The van der Waals surface area contributed by atoms with Crippen LogP contribution in [0.1, 0.15) is 20.8 Å². The molecule has 7 nitrogen and oxygen atoms in total. The van der Waals surface area contributed by atoms with E-state index in [1.54, 1.807) is 37.5 Å². The van der Waals surface area contributed by atoms with E-state index >= 15 is 0 Å². The van der Waals surface area contributed by atoms with Gasteiger partial charge in [0.15, 0.2) is 0 Å². The van der Waals surface area contributed by atoms with E-state index in [2.05, 4.69) is 39.6 Å². The molecule has 3 aromatic rings. The maximum atomic E-state index is 13.0. The standard InChI is InChI=1S/C27H30N4O3S/c1-30-13-15-31(16-14-30)22-9-5-20(6-10-22)19-28-27(33)25(18-24-4-3-17-35-24)29-26(32)21-7-11-23(34-2)12-8-21/h3-12,17-18H,13-16,19H2,1-2H3,(H,28,33)(H,29,32)/b25-18-. The molecule has 0 radical (unpaired) electrons. The first-order valence-corrected chi connectivity index (χ1v) is 12.4. The van der Waals surface area contributed by atoms with Gasteiger partial charge in [-0.05, 0) is 66.5 Å². The van der Waals surface area contributed by atoms with Gasteiger partial charge >= 0.3 is 0 Å². The number of nitrogens with one attached hydrogen (secondary N) is 2. The summed E-state index contributed by atoms with van der Waals surface area (Å²) >= 11 is 1.49. The third-order valence-corrected chi connectivity index (χ3v) is 6.75. The summed E-state index contributed by atoms with van der Waals surface area (Å²) in [6.45, 7) is 4.50. The zero-order chi connectivity index (χ0) is 24.6. The van der Waals surface area contributed by atoms with Crippen molar-refractivity contribution in [3.63, 3.8) is 0 Å². The first kappa shape index (κ1) is 24.5. The number of ether oxygens (including phenoxy) is 1. The van der Waals surface area contributed by atoms with Crippen molar-refractivity contribution in [2.24, 2.45) is 0 Å². The van der Waals surface area contributed by atoms with Gasteiger partial charge in [-0.15, -0.1) is 11.3 Å². The zero-order valence-corrected chi connectivity index (χ0v) is 20.8. The van der Waals surface area contributed by atoms with E-state index in [1.165, 1.54) is 17.0 Å². The molecule has 0 spiro atoms. The van der Waals surface area contributed by atoms with Crippen LogP contribution >= 0.6 is 11.3 Å². The molecule has 0 aliphatic carbocycles. The molecule has 4 rings (SSSR count). The van der Waals surface area contributed by atoms with Crippen molar-refractivity contribution in [1.29, 1.82) is 0 Å². The third kappa shape index (κ3) is 6.71. The van der Waals surface area contributed by atoms with E-state index in [-0.39, 0.29) is 17.5 Å². The van der Waals surface area contributed by atoms with Crippen LogP contribution in [0.4, 0.5) is 5.69 Å². The van der Waals surface area contributed by atoms with Crippen molar-refractivity contribution in [3.8, 4) is 5.75 Å². The normalized spacial score (nSPS) is 14.5. The lowest BCUT2D eigenvalue weighted by atomic mass is 10.1. The second kappa shape index (κ2) is 11.7. The molecule has 35 heavy (non-hydrogen) atoms. The highest BCUT2D eigenvalue weighted by Gasteiger charge is 2.16. The Morgan fingerprint density at radius 2 is 1.71 bits per heavy atom. The fourth-order valence-electron chi connectivity index (χ4n) is 3.78. The average Bonchev–Trinajstić information content (AvgIpc) is 3.41. The number of thiophene rings is 1. The molecule has 1 aliphatic rings. The number of nitrogens with zero attached hydrogens (tertiary/aromatic N) is 2. The molecule has 2 N–H and O–H groups in total. The Kier molecular flexibility index (Phi) is 8.18. The van der Waals surface area contributed by atoms with E-state index in [0.29, 0.717) is 17.9 Å². The molecule has 1 aliphatic heterocycles. The number of hydrogen-bond donors (Lipinski definition) is 2. The summed E-state index contributed by atoms with van der Waals surface area (Å²) in [6.07, 6.45) is 1.69. The van der Waals surface area contributed by atoms with Crippen LogP contribution in [-0.4, -0.2) is 57.1 Å². The SMILES string of the molecule is COc1ccc(C(=O)N/C(=C\c2cccs2)C(=O)NCc2ccc(N3CCN(C)CC3)cc2)cc1. The predicted molar refractivity (Wildman–Crippen MR) is 141 cm³/mol. The van der Waals surface area contributed by atoms with Crippen molar-refractivity contribution in [3.05, 3.63) is 87.7 Å². The lowest BCUT2D eigenvalue weighted by Crippen LogP contribution is -2.44. The van der Waals surface area contributed by atoms with Gasteiger partial charge in [0.05, 0.1) is 7.11 Å². The summed E-state index contributed by atoms with van der Waals surface area (Å²) in [5.41, 5.74) is 2.82. The average molecular weight is 491 g/mol. The molecule has 0 unspecified atom stereocenters. The highest BCUT2D eigenvalue weighted by Crippen LogP contribution is 2.18. The molecule has 0 atom stereocenters. The monoisotopic (exact) mass is 490 g/mol. The molecule has 2 heterocycles. The van der Waals surface area contributed by atoms with Crippen LogP contribution in [0, 0.1) is 0 Å². The van der Waals surface area contributed by atoms with Crippen molar-refractivity contribution in [2.75, 3.05) is 45.2 Å². The fraction of sp³-hybridized carbons (Fsp3) is 0.259. The molecule has 8 heteroatoms. The van der Waals surface area contributed by atoms with E-state index in [4.69, 9.17) is 4.74 Å². The molecule has 1 fully saturated rings. The lowest BCUT2D eigenvalue weighted by Gasteiger charge is -2.34. The minimum Gasteiger partial charge on any atom is -0.497 e. The molecule has 1 saturated heterocycles. The second-order valence-corrected chi connectivity index (χ2v) is 9.37. The number of carbonyl (C=O) groups excluding carboxylic acids is 2. The first-order chi connectivity index (χ1) is 17.0. The topological polar surface area (TPSA) is 73.9 Å². The largest absolute Gasteiger partial charge is 0.497 e. The smallest absolute Gasteiger partial charge is 0.268 e. The van der Waals surface area contributed by atoms with Gasteiger partial charge in [0, 0.05) is 48.9 Å². The fourth-order valence-corrected chi connectivity index (χ4v) is 4.44. The molecule has 0 bridgehead atoms. The Morgan fingerprint density at radius 1 is 1.00 bits per heavy atom. The van der Waals surface area contributed by atoms with Crippen molar-refractivity contribution in [1.82, 2.24) is 15.5 Å². The highest BCUT2D eigenvalue weighted by molar-refractivity contribution is 7.10. The van der Waals surface area contributed by atoms with Gasteiger partial charge in [-0.2, -0.15) is 0 Å². The maximum Gasteiger partial charge on any atom is 0.268 e. The van der Waals surface area contributed by atoms with Gasteiger partial charge in [-0.3, -0.25) is 9.59 Å². The maximum absolute atomic E-state index is 13.0. The summed E-state index contributed by atoms with van der Waals surface area (Å²) < 4.78 is 5.15. The van der Waals surface area contributed by atoms with E-state index in [1.807, 2.05) is 29.6 Å². The van der Waals surface area contributed by atoms with Gasteiger partial charge in [0.2, 0.25) is 0 Å². The molecule has 0 saturated carbocycles. The molecule has 2 aromatic carbocycles. The van der Waals surface area contributed by atoms with Crippen molar-refractivity contribution >= 4 is 34.9 Å². The number of methoxy groups -OCH3 is 1. The minimum absolute atomic E-state index is 0.197. The van der Waals surface area contributed by atoms with Crippen molar-refractivity contribution in [2.45, 2.75) is 6.54 Å². The number of amides is 2. The zero-order valence-electron chi connectivity index (χ0n) is 20.0. The quantitative estimate of drug-likeness (QED) is 0.472. The number of carbonyl (C=O) groups is 2. The molecular weight excluding hydrogens is 460 g/mol. The van der Waals surface area contributed by atoms with Gasteiger partial charge < -0.3 is 25.2 Å². The number of benzene rings is 2. The summed E-state index contributed by atoms with van der Waals surface area (Å²) in [6, 6.07) is 18.8. The van der Waals surface area contributed by atoms with Gasteiger partial charge in [-0.1, -0.05) is 18.2 Å². The highest BCUT2D eigenvalue weighted by atomic mass is 32.1. The molecule has 1 aromatic heterocycles. The van der Waals surface area contributed by atoms with E-state index in [9.17, 15) is 9.59 Å². The Bertz CT molecular complexity index is 1150. The number of hydrogen-bond acceptors (Lipinski definition) is 6. The van der Waals surface area contributed by atoms with Crippen LogP contribution in [0.5, 0.6) is 5.75 Å². The van der Waals surface area contributed by atoms with Gasteiger partial charge in [0.25, 0.3) is 11.8 Å². The van der Waals surface area contributed by atoms with Crippen molar-refractivity contribution < 1.29 is 14.3 Å². The van der Waals surface area contributed by atoms with E-state index < -0.39 is 0 Å². The number of rotatable bonds is 8. The summed E-state index contributed by atoms with van der Waals surface area (Å²) in [5.74, 6) is -0.0437.